The highest BCUT2D eigenvalue weighted by Crippen LogP contribution is 2.33. The van der Waals surface area contributed by atoms with E-state index in [9.17, 15) is 22.8 Å². The van der Waals surface area contributed by atoms with Crippen LogP contribution in [0.15, 0.2) is 22.7 Å². The fourth-order valence-corrected chi connectivity index (χ4v) is 1.98. The number of hydrogen-bond acceptors (Lipinski definition) is 2. The Balaban J connectivity index is 2.86. The molecule has 0 aliphatic heterocycles. The van der Waals surface area contributed by atoms with Gasteiger partial charge in [-0.05, 0) is 24.6 Å². The quantitative estimate of drug-likeness (QED) is 0.761. The molecule has 0 saturated heterocycles. The van der Waals surface area contributed by atoms with Crippen molar-refractivity contribution in [3.8, 4) is 0 Å². The highest BCUT2D eigenvalue weighted by Gasteiger charge is 2.31. The van der Waals surface area contributed by atoms with E-state index in [2.05, 4.69) is 26.6 Å². The fourth-order valence-electron chi connectivity index (χ4n) is 1.49. The minimum atomic E-state index is -4.55. The van der Waals surface area contributed by atoms with Crippen molar-refractivity contribution in [1.82, 2.24) is 5.32 Å². The molecule has 0 bridgehead atoms. The van der Waals surface area contributed by atoms with Gasteiger partial charge in [0.25, 0.3) is 0 Å². The summed E-state index contributed by atoms with van der Waals surface area (Å²) < 4.78 is 38.0. The van der Waals surface area contributed by atoms with Gasteiger partial charge in [0.1, 0.15) is 6.04 Å². The summed E-state index contributed by atoms with van der Waals surface area (Å²) in [5, 5.41) is 13.1. The van der Waals surface area contributed by atoms with Gasteiger partial charge < -0.3 is 15.7 Å². The number of carboxylic acids is 1. The van der Waals surface area contributed by atoms with Gasteiger partial charge in [-0.2, -0.15) is 13.2 Å². The lowest BCUT2D eigenvalue weighted by Gasteiger charge is -2.14. The van der Waals surface area contributed by atoms with E-state index in [4.69, 9.17) is 5.11 Å². The molecule has 116 valence electrons. The summed E-state index contributed by atoms with van der Waals surface area (Å²) in [6, 6.07) is 0.896. The summed E-state index contributed by atoms with van der Waals surface area (Å²) in [5.74, 6) is -1.22. The first-order valence-corrected chi connectivity index (χ1v) is 6.61. The summed E-state index contributed by atoms with van der Waals surface area (Å²) in [6.07, 6.45) is -4.40. The van der Waals surface area contributed by atoms with Crippen LogP contribution >= 0.6 is 15.9 Å². The van der Waals surface area contributed by atoms with Crippen molar-refractivity contribution in [2.45, 2.75) is 25.6 Å². The van der Waals surface area contributed by atoms with Crippen LogP contribution in [-0.2, 0) is 11.0 Å². The summed E-state index contributed by atoms with van der Waals surface area (Å²) in [7, 11) is 0. The summed E-state index contributed by atoms with van der Waals surface area (Å²) in [5.41, 5.74) is -1.04. The number of carbonyl (C=O) groups is 2. The summed E-state index contributed by atoms with van der Waals surface area (Å²) >= 11 is 2.92. The van der Waals surface area contributed by atoms with Crippen molar-refractivity contribution in [3.63, 3.8) is 0 Å². The van der Waals surface area contributed by atoms with E-state index in [1.165, 1.54) is 6.07 Å². The van der Waals surface area contributed by atoms with Crippen molar-refractivity contribution in [3.05, 3.63) is 28.2 Å². The molecule has 0 aromatic heterocycles. The second-order valence-electron chi connectivity index (χ2n) is 4.12. The van der Waals surface area contributed by atoms with Crippen molar-refractivity contribution in [1.29, 1.82) is 0 Å². The van der Waals surface area contributed by atoms with Gasteiger partial charge >= 0.3 is 18.2 Å². The highest BCUT2D eigenvalue weighted by molar-refractivity contribution is 9.10. The molecule has 0 aliphatic rings. The van der Waals surface area contributed by atoms with Crippen LogP contribution in [0.1, 0.15) is 18.9 Å². The number of halogens is 4. The van der Waals surface area contributed by atoms with E-state index < -0.39 is 29.8 Å². The molecular formula is C12H12BrF3N2O3. The van der Waals surface area contributed by atoms with Crippen molar-refractivity contribution in [2.24, 2.45) is 0 Å². The monoisotopic (exact) mass is 368 g/mol. The molecule has 3 N–H and O–H groups in total. The first-order valence-electron chi connectivity index (χ1n) is 5.81. The molecule has 0 radical (unpaired) electrons. The number of anilines is 1. The third kappa shape index (κ3) is 5.25. The first kappa shape index (κ1) is 17.3. The Kier molecular flexibility index (Phi) is 5.59. The molecule has 1 unspecified atom stereocenters. The van der Waals surface area contributed by atoms with Crippen LogP contribution in [0.3, 0.4) is 0 Å². The maximum absolute atomic E-state index is 12.6. The number of benzene rings is 1. The molecule has 0 saturated carbocycles. The topological polar surface area (TPSA) is 78.4 Å². The van der Waals surface area contributed by atoms with E-state index >= 15 is 0 Å². The number of alkyl halides is 3. The maximum Gasteiger partial charge on any atom is 0.416 e. The Morgan fingerprint density at radius 2 is 1.95 bits per heavy atom. The molecule has 1 aromatic carbocycles. The molecule has 9 heteroatoms. The van der Waals surface area contributed by atoms with Gasteiger partial charge in [-0.15, -0.1) is 0 Å². The SMILES string of the molecule is CCC(NC(=O)Nc1cc(Br)cc(C(F)(F)F)c1)C(=O)O. The molecule has 0 spiro atoms. The zero-order chi connectivity index (χ0) is 16.2. The molecule has 0 heterocycles. The van der Waals surface area contributed by atoms with Crippen LogP contribution in [0.5, 0.6) is 0 Å². The Hall–Kier alpha value is -1.77. The van der Waals surface area contributed by atoms with Crippen LogP contribution in [-0.4, -0.2) is 23.1 Å². The van der Waals surface area contributed by atoms with E-state index in [1.807, 2.05) is 0 Å². The third-order valence-corrected chi connectivity index (χ3v) is 2.95. The largest absolute Gasteiger partial charge is 0.480 e. The molecule has 1 rings (SSSR count). The van der Waals surface area contributed by atoms with Gasteiger partial charge in [-0.25, -0.2) is 9.59 Å². The lowest BCUT2D eigenvalue weighted by atomic mass is 10.2. The molecule has 1 aromatic rings. The Morgan fingerprint density at radius 3 is 2.43 bits per heavy atom. The number of carboxylic acid groups (broad SMARTS) is 1. The Morgan fingerprint density at radius 1 is 1.33 bits per heavy atom. The van der Waals surface area contributed by atoms with Gasteiger partial charge in [0.15, 0.2) is 0 Å². The van der Waals surface area contributed by atoms with E-state index in [-0.39, 0.29) is 16.6 Å². The molecular weight excluding hydrogens is 357 g/mol. The van der Waals surface area contributed by atoms with Crippen molar-refractivity contribution >= 4 is 33.6 Å². The first-order chi connectivity index (χ1) is 9.63. The number of nitrogens with one attached hydrogen (secondary N) is 2. The minimum Gasteiger partial charge on any atom is -0.480 e. The Labute approximate surface area is 126 Å². The van der Waals surface area contributed by atoms with Gasteiger partial charge in [0.2, 0.25) is 0 Å². The normalized spacial score (nSPS) is 12.6. The second kappa shape index (κ2) is 6.79. The van der Waals surface area contributed by atoms with E-state index in [1.54, 1.807) is 6.92 Å². The number of carbonyl (C=O) groups excluding carboxylic acids is 1. The van der Waals surface area contributed by atoms with Crippen LogP contribution in [0.2, 0.25) is 0 Å². The van der Waals surface area contributed by atoms with E-state index in [0.29, 0.717) is 0 Å². The molecule has 0 aliphatic carbocycles. The third-order valence-electron chi connectivity index (χ3n) is 2.49. The number of hydrogen-bond donors (Lipinski definition) is 3. The van der Waals surface area contributed by atoms with Crippen LogP contribution in [0, 0.1) is 0 Å². The van der Waals surface area contributed by atoms with Gasteiger partial charge in [0, 0.05) is 10.2 Å². The predicted molar refractivity (Wildman–Crippen MR) is 73.0 cm³/mol. The Bertz CT molecular complexity index is 549. The molecule has 5 nitrogen and oxygen atoms in total. The fraction of sp³-hybridized carbons (Fsp3) is 0.333. The number of aliphatic carboxylic acids is 1. The zero-order valence-electron chi connectivity index (χ0n) is 10.8. The van der Waals surface area contributed by atoms with Crippen LogP contribution in [0.25, 0.3) is 0 Å². The molecule has 0 fully saturated rings. The lowest BCUT2D eigenvalue weighted by molar-refractivity contribution is -0.139. The van der Waals surface area contributed by atoms with E-state index in [0.717, 1.165) is 12.1 Å². The standard InChI is InChI=1S/C12H12BrF3N2O3/c1-2-9(10(19)20)18-11(21)17-8-4-6(12(14,15)16)3-7(13)5-8/h3-5,9H,2H2,1H3,(H,19,20)(H2,17,18,21). The van der Waals surface area contributed by atoms with Crippen molar-refractivity contribution < 1.29 is 27.9 Å². The number of urea groups is 1. The minimum absolute atomic E-state index is 0.102. The van der Waals surface area contributed by atoms with Gasteiger partial charge in [-0.3, -0.25) is 0 Å². The number of amides is 2. The average Bonchev–Trinajstić information content (AvgIpc) is 2.33. The predicted octanol–water partition coefficient (Wildman–Crippen LogP) is 3.45. The lowest BCUT2D eigenvalue weighted by Crippen LogP contribution is -2.42. The van der Waals surface area contributed by atoms with Crippen molar-refractivity contribution in [2.75, 3.05) is 5.32 Å². The smallest absolute Gasteiger partial charge is 0.416 e. The summed E-state index contributed by atoms with van der Waals surface area (Å²) in [6.45, 7) is 1.56. The molecule has 21 heavy (non-hydrogen) atoms. The second-order valence-corrected chi connectivity index (χ2v) is 5.04. The van der Waals surface area contributed by atoms with Crippen LogP contribution in [0.4, 0.5) is 23.7 Å². The summed E-state index contributed by atoms with van der Waals surface area (Å²) in [4.78, 5) is 22.3. The van der Waals surface area contributed by atoms with Gasteiger partial charge in [0.05, 0.1) is 5.56 Å². The highest BCUT2D eigenvalue weighted by atomic mass is 79.9. The van der Waals surface area contributed by atoms with Gasteiger partial charge in [-0.1, -0.05) is 22.9 Å². The van der Waals surface area contributed by atoms with Crippen LogP contribution < -0.4 is 10.6 Å². The zero-order valence-corrected chi connectivity index (χ0v) is 12.4. The molecule has 2 amide bonds. The maximum atomic E-state index is 12.6. The molecule has 1 atom stereocenters. The number of rotatable bonds is 4. The average molecular weight is 369 g/mol.